The highest BCUT2D eigenvalue weighted by molar-refractivity contribution is 5.69. The molecule has 0 radical (unpaired) electrons. The molecular weight excluding hydrogens is 333 g/mol. The van der Waals surface area contributed by atoms with Crippen molar-refractivity contribution in [3.63, 3.8) is 0 Å². The topological polar surface area (TPSA) is 41.6 Å². The number of benzene rings is 1. The van der Waals surface area contributed by atoms with E-state index in [1.54, 1.807) is 4.90 Å². The van der Waals surface area contributed by atoms with Gasteiger partial charge >= 0.3 is 12.3 Å². The first-order chi connectivity index (χ1) is 11.5. The van der Waals surface area contributed by atoms with E-state index in [0.29, 0.717) is 18.8 Å². The van der Waals surface area contributed by atoms with E-state index in [0.717, 1.165) is 25.0 Å². The quantitative estimate of drug-likeness (QED) is 0.847. The highest BCUT2D eigenvalue weighted by Crippen LogP contribution is 2.49. The highest BCUT2D eigenvalue weighted by atomic mass is 19.4. The van der Waals surface area contributed by atoms with Crippen molar-refractivity contribution in [2.45, 2.75) is 51.4 Å². The van der Waals surface area contributed by atoms with Gasteiger partial charge in [-0.1, -0.05) is 0 Å². The average molecular weight is 356 g/mol. The summed E-state index contributed by atoms with van der Waals surface area (Å²) in [6.07, 6.45) is -2.77. The number of ether oxygens (including phenoxy) is 1. The van der Waals surface area contributed by atoms with Crippen LogP contribution in [0.4, 0.5) is 23.7 Å². The van der Waals surface area contributed by atoms with Crippen LogP contribution in [0.1, 0.15) is 39.2 Å². The molecule has 2 aliphatic rings. The fourth-order valence-corrected chi connectivity index (χ4v) is 3.56. The van der Waals surface area contributed by atoms with Crippen molar-refractivity contribution in [3.8, 4) is 0 Å². The molecule has 1 aromatic rings. The number of nitrogens with one attached hydrogen (secondary N) is 1. The van der Waals surface area contributed by atoms with Crippen LogP contribution in [0.15, 0.2) is 24.3 Å². The molecule has 7 heteroatoms. The molecule has 1 heterocycles. The second-order valence-corrected chi connectivity index (χ2v) is 8.16. The van der Waals surface area contributed by atoms with E-state index in [4.69, 9.17) is 4.74 Å². The van der Waals surface area contributed by atoms with Crippen molar-refractivity contribution < 1.29 is 22.7 Å². The van der Waals surface area contributed by atoms with Gasteiger partial charge in [0, 0.05) is 30.2 Å². The molecule has 1 spiro atoms. The van der Waals surface area contributed by atoms with Gasteiger partial charge in [0.05, 0.1) is 5.56 Å². The van der Waals surface area contributed by atoms with Crippen molar-refractivity contribution in [2.75, 3.05) is 18.4 Å². The Hall–Kier alpha value is -1.92. The van der Waals surface area contributed by atoms with Gasteiger partial charge in [0.15, 0.2) is 0 Å². The number of carbonyl (C=O) groups is 1. The number of hydrogen-bond acceptors (Lipinski definition) is 3. The lowest BCUT2D eigenvalue weighted by Gasteiger charge is -2.58. The molecule has 1 aliphatic carbocycles. The molecule has 25 heavy (non-hydrogen) atoms. The number of anilines is 1. The first-order valence-corrected chi connectivity index (χ1v) is 8.38. The molecule has 0 unspecified atom stereocenters. The molecule has 1 amide bonds. The van der Waals surface area contributed by atoms with Gasteiger partial charge in [0.25, 0.3) is 0 Å². The highest BCUT2D eigenvalue weighted by Gasteiger charge is 2.54. The van der Waals surface area contributed by atoms with Crippen LogP contribution in [0.3, 0.4) is 0 Å². The summed E-state index contributed by atoms with van der Waals surface area (Å²) in [6.45, 7) is 6.90. The molecule has 4 nitrogen and oxygen atoms in total. The number of likely N-dealkylation sites (tertiary alicyclic amines) is 1. The molecule has 1 saturated heterocycles. The number of hydrogen-bond donors (Lipinski definition) is 1. The fourth-order valence-electron chi connectivity index (χ4n) is 3.56. The van der Waals surface area contributed by atoms with Gasteiger partial charge < -0.3 is 15.0 Å². The SMILES string of the molecule is CC(C)(C)OC(=O)N1CC2(CC(Nc3ccc(C(F)(F)F)cc3)C2)C1. The lowest BCUT2D eigenvalue weighted by atomic mass is 9.60. The first-order valence-electron chi connectivity index (χ1n) is 8.38. The molecule has 1 N–H and O–H groups in total. The van der Waals surface area contributed by atoms with E-state index < -0.39 is 17.3 Å². The number of rotatable bonds is 2. The third kappa shape index (κ3) is 4.02. The first kappa shape index (κ1) is 17.9. The fraction of sp³-hybridized carbons (Fsp3) is 0.611. The van der Waals surface area contributed by atoms with Crippen LogP contribution in [0.2, 0.25) is 0 Å². The van der Waals surface area contributed by atoms with Gasteiger partial charge in [0.1, 0.15) is 5.60 Å². The third-order valence-corrected chi connectivity index (χ3v) is 4.65. The molecule has 138 valence electrons. The minimum Gasteiger partial charge on any atom is -0.444 e. The number of carbonyl (C=O) groups excluding carboxylic acids is 1. The summed E-state index contributed by atoms with van der Waals surface area (Å²) in [4.78, 5) is 13.7. The van der Waals surface area contributed by atoms with Crippen LogP contribution in [-0.2, 0) is 10.9 Å². The Morgan fingerprint density at radius 2 is 1.72 bits per heavy atom. The van der Waals surface area contributed by atoms with Crippen molar-refractivity contribution in [3.05, 3.63) is 29.8 Å². The number of amides is 1. The molecule has 0 aromatic heterocycles. The molecule has 2 fully saturated rings. The van der Waals surface area contributed by atoms with E-state index in [2.05, 4.69) is 5.32 Å². The summed E-state index contributed by atoms with van der Waals surface area (Å²) >= 11 is 0. The molecular formula is C18H23F3N2O2. The summed E-state index contributed by atoms with van der Waals surface area (Å²) in [5, 5.41) is 3.26. The summed E-state index contributed by atoms with van der Waals surface area (Å²) in [7, 11) is 0. The van der Waals surface area contributed by atoms with Crippen LogP contribution in [0.5, 0.6) is 0 Å². The molecule has 3 rings (SSSR count). The van der Waals surface area contributed by atoms with E-state index in [1.165, 1.54) is 12.1 Å². The lowest BCUT2D eigenvalue weighted by Crippen LogP contribution is -2.66. The zero-order valence-electron chi connectivity index (χ0n) is 14.6. The zero-order valence-corrected chi connectivity index (χ0v) is 14.6. The molecule has 0 atom stereocenters. The van der Waals surface area contributed by atoms with E-state index in [-0.39, 0.29) is 17.6 Å². The standard InChI is InChI=1S/C18H23F3N2O2/c1-16(2,3)25-15(24)23-10-17(11-23)8-14(9-17)22-13-6-4-12(5-7-13)18(19,20)21/h4-7,14,22H,8-11H2,1-3H3. The smallest absolute Gasteiger partial charge is 0.416 e. The largest absolute Gasteiger partial charge is 0.444 e. The van der Waals surface area contributed by atoms with Gasteiger partial charge in [-0.2, -0.15) is 13.2 Å². The van der Waals surface area contributed by atoms with Crippen LogP contribution >= 0.6 is 0 Å². The Kier molecular flexibility index (Phi) is 4.16. The maximum atomic E-state index is 12.6. The molecule has 0 bridgehead atoms. The summed E-state index contributed by atoms with van der Waals surface area (Å²) in [5.74, 6) is 0. The van der Waals surface area contributed by atoms with Crippen molar-refractivity contribution >= 4 is 11.8 Å². The normalized spacial score (nSPS) is 20.0. The minimum absolute atomic E-state index is 0.139. The third-order valence-electron chi connectivity index (χ3n) is 4.65. The summed E-state index contributed by atoms with van der Waals surface area (Å²) < 4.78 is 43.0. The van der Waals surface area contributed by atoms with Gasteiger partial charge in [0.2, 0.25) is 0 Å². The van der Waals surface area contributed by atoms with Gasteiger partial charge in [-0.05, 0) is 57.9 Å². The molecule has 1 aliphatic heterocycles. The number of nitrogens with zero attached hydrogens (tertiary/aromatic N) is 1. The van der Waals surface area contributed by atoms with Crippen LogP contribution < -0.4 is 5.32 Å². The second-order valence-electron chi connectivity index (χ2n) is 8.16. The summed E-state index contributed by atoms with van der Waals surface area (Å²) in [5.41, 5.74) is -0.307. The lowest BCUT2D eigenvalue weighted by molar-refractivity contribution is -0.137. The zero-order chi connectivity index (χ0) is 18.5. The van der Waals surface area contributed by atoms with E-state index >= 15 is 0 Å². The van der Waals surface area contributed by atoms with Crippen molar-refractivity contribution in [2.24, 2.45) is 5.41 Å². The van der Waals surface area contributed by atoms with E-state index in [1.807, 2.05) is 20.8 Å². The molecule has 1 aromatic carbocycles. The number of halogens is 3. The van der Waals surface area contributed by atoms with Crippen molar-refractivity contribution in [1.82, 2.24) is 4.90 Å². The Balaban J connectivity index is 1.44. The average Bonchev–Trinajstić information content (AvgIpc) is 2.37. The maximum absolute atomic E-state index is 12.6. The van der Waals surface area contributed by atoms with Gasteiger partial charge in [-0.3, -0.25) is 0 Å². The Morgan fingerprint density at radius 1 is 1.16 bits per heavy atom. The predicted molar refractivity (Wildman–Crippen MR) is 88.3 cm³/mol. The Bertz CT molecular complexity index is 636. The Labute approximate surface area is 145 Å². The minimum atomic E-state index is -4.31. The Morgan fingerprint density at radius 3 is 2.20 bits per heavy atom. The van der Waals surface area contributed by atoms with Crippen LogP contribution in [-0.4, -0.2) is 35.7 Å². The second kappa shape index (κ2) is 5.81. The summed E-state index contributed by atoms with van der Waals surface area (Å²) in [6, 6.07) is 5.33. The van der Waals surface area contributed by atoms with Gasteiger partial charge in [-0.15, -0.1) is 0 Å². The van der Waals surface area contributed by atoms with Crippen LogP contribution in [0.25, 0.3) is 0 Å². The molecule has 1 saturated carbocycles. The number of alkyl halides is 3. The van der Waals surface area contributed by atoms with Gasteiger partial charge in [-0.25, -0.2) is 4.79 Å². The monoisotopic (exact) mass is 356 g/mol. The van der Waals surface area contributed by atoms with Crippen LogP contribution in [0, 0.1) is 5.41 Å². The van der Waals surface area contributed by atoms with Crippen molar-refractivity contribution in [1.29, 1.82) is 0 Å². The maximum Gasteiger partial charge on any atom is 0.416 e. The van der Waals surface area contributed by atoms with E-state index in [9.17, 15) is 18.0 Å². The predicted octanol–water partition coefficient (Wildman–Crippen LogP) is 4.52.